The highest BCUT2D eigenvalue weighted by Gasteiger charge is 2.03. The fourth-order valence-corrected chi connectivity index (χ4v) is 2.13. The third-order valence-electron chi connectivity index (χ3n) is 2.55. The lowest BCUT2D eigenvalue weighted by Crippen LogP contribution is -2.36. The summed E-state index contributed by atoms with van der Waals surface area (Å²) in [5.74, 6) is -0.243. The van der Waals surface area contributed by atoms with Crippen molar-refractivity contribution in [3.63, 3.8) is 0 Å². The molecule has 2 N–H and O–H groups in total. The normalized spacial score (nSPS) is 10.2. The summed E-state index contributed by atoms with van der Waals surface area (Å²) in [5, 5.41) is 7.24. The van der Waals surface area contributed by atoms with Crippen molar-refractivity contribution in [3.05, 3.63) is 52.2 Å². The number of carbonyl (C=O) groups excluding carboxylic acids is 1. The number of nitrogens with one attached hydrogen (secondary N) is 2. The van der Waals surface area contributed by atoms with Crippen molar-refractivity contribution in [2.75, 3.05) is 6.54 Å². The molecule has 1 aromatic heterocycles. The lowest BCUT2D eigenvalue weighted by Gasteiger charge is -2.07. The number of benzene rings is 1. The smallest absolute Gasteiger partial charge is 0.315 e. The second-order valence-electron chi connectivity index (χ2n) is 3.93. The van der Waals surface area contributed by atoms with Crippen LogP contribution < -0.4 is 10.6 Å². The zero-order valence-electron chi connectivity index (χ0n) is 10.2. The van der Waals surface area contributed by atoms with E-state index >= 15 is 0 Å². The molecule has 2 aromatic rings. The highest BCUT2D eigenvalue weighted by molar-refractivity contribution is 7.07. The van der Waals surface area contributed by atoms with E-state index in [4.69, 9.17) is 0 Å². The van der Waals surface area contributed by atoms with Gasteiger partial charge in [-0.25, -0.2) is 14.2 Å². The van der Waals surface area contributed by atoms with E-state index in [0.29, 0.717) is 25.1 Å². The lowest BCUT2D eigenvalue weighted by molar-refractivity contribution is 0.240. The average molecular weight is 279 g/mol. The van der Waals surface area contributed by atoms with E-state index in [1.807, 2.05) is 5.38 Å². The van der Waals surface area contributed by atoms with Crippen LogP contribution in [0.3, 0.4) is 0 Å². The number of hydrogen-bond acceptors (Lipinski definition) is 3. The fourth-order valence-electron chi connectivity index (χ4n) is 1.57. The predicted octanol–water partition coefficient (Wildman–Crippen LogP) is 2.32. The molecule has 0 bridgehead atoms. The lowest BCUT2D eigenvalue weighted by atomic mass is 10.1. The summed E-state index contributed by atoms with van der Waals surface area (Å²) in [7, 11) is 0. The summed E-state index contributed by atoms with van der Waals surface area (Å²) in [6.07, 6.45) is 0.469. The topological polar surface area (TPSA) is 54.0 Å². The van der Waals surface area contributed by atoms with Crippen molar-refractivity contribution in [1.29, 1.82) is 0 Å². The number of nitrogens with zero attached hydrogens (tertiary/aromatic N) is 1. The Bertz CT molecular complexity index is 530. The highest BCUT2D eigenvalue weighted by Crippen LogP contribution is 2.06. The molecule has 0 saturated carbocycles. The molecule has 2 rings (SSSR count). The van der Waals surface area contributed by atoms with Crippen molar-refractivity contribution in [2.24, 2.45) is 0 Å². The van der Waals surface area contributed by atoms with E-state index in [1.54, 1.807) is 23.7 Å². The molecule has 2 amide bonds. The van der Waals surface area contributed by atoms with Gasteiger partial charge in [0.2, 0.25) is 0 Å². The third kappa shape index (κ3) is 4.33. The number of carbonyl (C=O) groups is 1. The predicted molar refractivity (Wildman–Crippen MR) is 72.5 cm³/mol. The maximum absolute atomic E-state index is 13.3. The fraction of sp³-hybridized carbons (Fsp3) is 0.231. The zero-order chi connectivity index (χ0) is 13.5. The van der Waals surface area contributed by atoms with Gasteiger partial charge in [0.15, 0.2) is 0 Å². The van der Waals surface area contributed by atoms with Gasteiger partial charge in [-0.15, -0.1) is 11.3 Å². The third-order valence-corrected chi connectivity index (χ3v) is 3.19. The molecule has 0 radical (unpaired) electrons. The van der Waals surface area contributed by atoms with Crippen LogP contribution in [0.5, 0.6) is 0 Å². The first-order valence-corrected chi connectivity index (χ1v) is 6.82. The average Bonchev–Trinajstić information content (AvgIpc) is 2.92. The van der Waals surface area contributed by atoms with Gasteiger partial charge in [0.05, 0.1) is 17.7 Å². The molecule has 6 heteroatoms. The number of aromatic nitrogens is 1. The molecule has 0 aliphatic rings. The van der Waals surface area contributed by atoms with Gasteiger partial charge in [-0.05, 0) is 18.1 Å². The molecular weight excluding hydrogens is 265 g/mol. The quantitative estimate of drug-likeness (QED) is 0.882. The van der Waals surface area contributed by atoms with Crippen LogP contribution in [-0.2, 0) is 13.0 Å². The number of amides is 2. The summed E-state index contributed by atoms with van der Waals surface area (Å²) < 4.78 is 13.3. The highest BCUT2D eigenvalue weighted by atomic mass is 32.1. The second kappa shape index (κ2) is 6.84. The monoisotopic (exact) mass is 279 g/mol. The number of hydrogen-bond donors (Lipinski definition) is 2. The summed E-state index contributed by atoms with van der Waals surface area (Å²) >= 11 is 1.48. The van der Waals surface area contributed by atoms with E-state index < -0.39 is 0 Å². The van der Waals surface area contributed by atoms with E-state index in [0.717, 1.165) is 5.69 Å². The van der Waals surface area contributed by atoms with Crippen molar-refractivity contribution < 1.29 is 9.18 Å². The standard InChI is InChI=1S/C13H14FN3OS/c14-12-4-2-1-3-10(12)5-6-15-13(18)16-7-11-8-19-9-17-11/h1-4,8-9H,5-7H2,(H2,15,16,18). The first-order valence-electron chi connectivity index (χ1n) is 5.88. The Balaban J connectivity index is 1.68. The van der Waals surface area contributed by atoms with Crippen LogP contribution >= 0.6 is 11.3 Å². The SMILES string of the molecule is O=C(NCCc1ccccc1F)NCc1cscn1. The Hall–Kier alpha value is -1.95. The molecule has 1 heterocycles. The van der Waals surface area contributed by atoms with Gasteiger partial charge in [0.1, 0.15) is 5.82 Å². The first kappa shape index (κ1) is 13.5. The van der Waals surface area contributed by atoms with E-state index in [1.165, 1.54) is 17.4 Å². The van der Waals surface area contributed by atoms with Gasteiger partial charge < -0.3 is 10.6 Å². The molecule has 0 aliphatic heterocycles. The zero-order valence-corrected chi connectivity index (χ0v) is 11.0. The van der Waals surface area contributed by atoms with E-state index in [2.05, 4.69) is 15.6 Å². The minimum atomic E-state index is -0.274. The molecule has 4 nitrogen and oxygen atoms in total. The number of thiazole rings is 1. The minimum Gasteiger partial charge on any atom is -0.338 e. The molecule has 0 saturated heterocycles. The van der Waals surface area contributed by atoms with Crippen LogP contribution in [0, 0.1) is 5.82 Å². The maximum Gasteiger partial charge on any atom is 0.315 e. The van der Waals surface area contributed by atoms with E-state index in [-0.39, 0.29) is 11.8 Å². The Morgan fingerprint density at radius 3 is 2.89 bits per heavy atom. The van der Waals surface area contributed by atoms with Gasteiger partial charge in [-0.1, -0.05) is 18.2 Å². The van der Waals surface area contributed by atoms with Crippen molar-refractivity contribution >= 4 is 17.4 Å². The number of rotatable bonds is 5. The Morgan fingerprint density at radius 2 is 2.16 bits per heavy atom. The van der Waals surface area contributed by atoms with Crippen molar-refractivity contribution in [3.8, 4) is 0 Å². The summed E-state index contributed by atoms with van der Waals surface area (Å²) in [4.78, 5) is 15.5. The van der Waals surface area contributed by atoms with Gasteiger partial charge in [-0.3, -0.25) is 0 Å². The summed E-state index contributed by atoms with van der Waals surface area (Å²) in [6.45, 7) is 0.791. The molecule has 0 atom stereocenters. The van der Waals surface area contributed by atoms with Crippen LogP contribution in [0.4, 0.5) is 9.18 Å². The Morgan fingerprint density at radius 1 is 1.32 bits per heavy atom. The molecule has 19 heavy (non-hydrogen) atoms. The van der Waals surface area contributed by atoms with Crippen molar-refractivity contribution in [1.82, 2.24) is 15.6 Å². The van der Waals surface area contributed by atoms with Crippen molar-refractivity contribution in [2.45, 2.75) is 13.0 Å². The van der Waals surface area contributed by atoms with Gasteiger partial charge in [0, 0.05) is 11.9 Å². The molecule has 0 unspecified atom stereocenters. The van der Waals surface area contributed by atoms with E-state index in [9.17, 15) is 9.18 Å². The van der Waals surface area contributed by atoms with Crippen LogP contribution in [0.15, 0.2) is 35.2 Å². The van der Waals surface area contributed by atoms with Crippen LogP contribution in [0.2, 0.25) is 0 Å². The molecule has 0 spiro atoms. The maximum atomic E-state index is 13.3. The largest absolute Gasteiger partial charge is 0.338 e. The molecule has 1 aromatic carbocycles. The first-order chi connectivity index (χ1) is 9.25. The van der Waals surface area contributed by atoms with Crippen LogP contribution in [0.25, 0.3) is 0 Å². The molecule has 100 valence electrons. The van der Waals surface area contributed by atoms with Crippen LogP contribution in [0.1, 0.15) is 11.3 Å². The molecule has 0 fully saturated rings. The second-order valence-corrected chi connectivity index (χ2v) is 4.65. The summed E-state index contributed by atoms with van der Waals surface area (Å²) in [6, 6.07) is 6.28. The van der Waals surface area contributed by atoms with Gasteiger partial charge >= 0.3 is 6.03 Å². The van der Waals surface area contributed by atoms with Gasteiger partial charge in [0.25, 0.3) is 0 Å². The summed E-state index contributed by atoms with van der Waals surface area (Å²) in [5.41, 5.74) is 3.14. The molecule has 0 aliphatic carbocycles. The molecular formula is C13H14FN3OS. The Kier molecular flexibility index (Phi) is 4.85. The van der Waals surface area contributed by atoms with Crippen LogP contribution in [-0.4, -0.2) is 17.6 Å². The number of halogens is 1. The van der Waals surface area contributed by atoms with Gasteiger partial charge in [-0.2, -0.15) is 0 Å². The Labute approximate surface area is 114 Å². The minimum absolute atomic E-state index is 0.243. The number of urea groups is 1.